The van der Waals surface area contributed by atoms with Crippen molar-refractivity contribution >= 4 is 74.5 Å². The summed E-state index contributed by atoms with van der Waals surface area (Å²) in [5, 5.41) is 13.8. The zero-order valence-electron chi connectivity index (χ0n) is 28.0. The van der Waals surface area contributed by atoms with Crippen molar-refractivity contribution in [2.45, 2.75) is 32.0 Å². The Labute approximate surface area is 289 Å². The Bertz CT molecular complexity index is 1870. The second-order valence-electron chi connectivity index (χ2n) is 12.5. The van der Waals surface area contributed by atoms with Crippen molar-refractivity contribution in [3.05, 3.63) is 52.9 Å². The second kappa shape index (κ2) is 14.3. The first-order valence-corrected chi connectivity index (χ1v) is 19.2. The standard InChI is InChI=1S/C33H41BrN9O4P/c1-20(2)47-19-22-18-43(11-12-46-22)28-14-29(45-4)27(13-23(28)21-15-38-42(3)17-21)40-33-37-16-24(34)32(41-33)39-26-8-7-25-30(36-10-9-35-25)31(26)48(5,6)44/h7-10,13-16,20-22H,11-12,17-19H2,1-6H3,(H2,37,39,40,41). The molecule has 4 heterocycles. The van der Waals surface area contributed by atoms with Crippen molar-refractivity contribution in [3.8, 4) is 5.75 Å². The molecule has 0 spiro atoms. The number of hydrogen-bond donors (Lipinski definition) is 2. The maximum atomic E-state index is 13.5. The van der Waals surface area contributed by atoms with E-state index in [1.165, 1.54) is 0 Å². The van der Waals surface area contributed by atoms with Crippen molar-refractivity contribution in [3.63, 3.8) is 0 Å². The Kier molecular flexibility index (Phi) is 10.2. The Morgan fingerprint density at radius 3 is 2.65 bits per heavy atom. The van der Waals surface area contributed by atoms with Gasteiger partial charge >= 0.3 is 0 Å². The highest BCUT2D eigenvalue weighted by atomic mass is 79.9. The molecule has 2 aliphatic heterocycles. The third-order valence-corrected chi connectivity index (χ3v) is 10.3. The number of aromatic nitrogens is 4. The topological polar surface area (TPSA) is 139 Å². The average Bonchev–Trinajstić information content (AvgIpc) is 3.50. The van der Waals surface area contributed by atoms with E-state index in [1.807, 2.05) is 44.3 Å². The number of methoxy groups -OCH3 is 1. The average molecular weight is 739 g/mol. The maximum Gasteiger partial charge on any atom is 0.229 e. The fraction of sp³-hybridized carbons (Fsp3) is 0.424. The molecule has 2 atom stereocenters. The lowest BCUT2D eigenvalue weighted by Gasteiger charge is -2.36. The Hall–Kier alpha value is -3.84. The molecule has 0 aliphatic carbocycles. The summed E-state index contributed by atoms with van der Waals surface area (Å²) in [5.41, 5.74) is 4.79. The third kappa shape index (κ3) is 7.57. The molecule has 2 aliphatic rings. The highest BCUT2D eigenvalue weighted by Gasteiger charge is 2.29. The van der Waals surface area contributed by atoms with E-state index in [9.17, 15) is 4.57 Å². The number of nitrogens with zero attached hydrogens (tertiary/aromatic N) is 7. The van der Waals surface area contributed by atoms with Gasteiger partial charge in [0.05, 0.1) is 59.2 Å². The van der Waals surface area contributed by atoms with Gasteiger partial charge in [-0.15, -0.1) is 0 Å². The zero-order valence-corrected chi connectivity index (χ0v) is 30.5. The summed E-state index contributed by atoms with van der Waals surface area (Å²) in [6.45, 7) is 10.8. The van der Waals surface area contributed by atoms with E-state index in [0.29, 0.717) is 69.5 Å². The van der Waals surface area contributed by atoms with Crippen LogP contribution in [0.1, 0.15) is 25.3 Å². The lowest BCUT2D eigenvalue weighted by molar-refractivity contribution is -0.0406. The minimum Gasteiger partial charge on any atom is -0.494 e. The lowest BCUT2D eigenvalue weighted by atomic mass is 9.96. The molecule has 0 radical (unpaired) electrons. The number of benzene rings is 2. The number of halogens is 1. The summed E-state index contributed by atoms with van der Waals surface area (Å²) in [5.74, 6) is 1.56. The fourth-order valence-electron chi connectivity index (χ4n) is 5.94. The predicted octanol–water partition coefficient (Wildman–Crippen LogP) is 5.57. The van der Waals surface area contributed by atoms with Crippen LogP contribution in [0, 0.1) is 0 Å². The van der Waals surface area contributed by atoms with Gasteiger partial charge in [0.15, 0.2) is 0 Å². The first kappa shape index (κ1) is 34.0. The minimum absolute atomic E-state index is 0.0377. The third-order valence-electron chi connectivity index (χ3n) is 8.14. The maximum absolute atomic E-state index is 13.5. The molecular weight excluding hydrogens is 697 g/mol. The van der Waals surface area contributed by atoms with Gasteiger partial charge in [0.25, 0.3) is 0 Å². The summed E-state index contributed by atoms with van der Waals surface area (Å²) in [6, 6.07) is 7.87. The Balaban J connectivity index is 1.33. The number of morpholine rings is 1. The normalized spacial score (nSPS) is 18.2. The molecule has 254 valence electrons. The van der Waals surface area contributed by atoms with E-state index in [2.05, 4.69) is 63.6 Å². The van der Waals surface area contributed by atoms with Crippen molar-refractivity contribution in [1.29, 1.82) is 0 Å². The molecule has 6 rings (SSSR count). The van der Waals surface area contributed by atoms with Gasteiger partial charge in [-0.25, -0.2) is 4.98 Å². The first-order valence-electron chi connectivity index (χ1n) is 15.8. The van der Waals surface area contributed by atoms with Crippen LogP contribution in [0.2, 0.25) is 0 Å². The molecule has 4 aromatic rings. The largest absolute Gasteiger partial charge is 0.494 e. The number of hydrazone groups is 1. The summed E-state index contributed by atoms with van der Waals surface area (Å²) in [4.78, 5) is 20.6. The molecule has 2 aromatic heterocycles. The van der Waals surface area contributed by atoms with Crippen molar-refractivity contribution in [2.75, 3.05) is 75.9 Å². The van der Waals surface area contributed by atoms with Crippen molar-refractivity contribution in [1.82, 2.24) is 24.9 Å². The van der Waals surface area contributed by atoms with Gasteiger partial charge in [0, 0.05) is 69.2 Å². The van der Waals surface area contributed by atoms with Gasteiger partial charge in [0.1, 0.15) is 24.2 Å². The van der Waals surface area contributed by atoms with E-state index in [4.69, 9.17) is 19.2 Å². The van der Waals surface area contributed by atoms with Gasteiger partial charge in [-0.1, -0.05) is 0 Å². The Morgan fingerprint density at radius 1 is 1.10 bits per heavy atom. The molecule has 1 saturated heterocycles. The van der Waals surface area contributed by atoms with Crippen molar-refractivity contribution in [2.24, 2.45) is 5.10 Å². The molecule has 2 unspecified atom stereocenters. The van der Waals surface area contributed by atoms with E-state index in [1.54, 1.807) is 39.0 Å². The van der Waals surface area contributed by atoms with Crippen LogP contribution < -0.4 is 25.6 Å². The second-order valence-corrected chi connectivity index (χ2v) is 16.5. The molecule has 48 heavy (non-hydrogen) atoms. The summed E-state index contributed by atoms with van der Waals surface area (Å²) in [7, 11) is 0.857. The van der Waals surface area contributed by atoms with Crippen LogP contribution in [0.15, 0.2) is 52.4 Å². The first-order chi connectivity index (χ1) is 23.0. The van der Waals surface area contributed by atoms with Gasteiger partial charge in [-0.05, 0) is 66.9 Å². The summed E-state index contributed by atoms with van der Waals surface area (Å²) in [6.07, 6.45) is 6.98. The molecule has 15 heteroatoms. The monoisotopic (exact) mass is 737 g/mol. The van der Waals surface area contributed by atoms with Crippen LogP contribution in [-0.2, 0) is 14.0 Å². The van der Waals surface area contributed by atoms with Crippen molar-refractivity contribution < 1.29 is 18.8 Å². The molecule has 0 bridgehead atoms. The van der Waals surface area contributed by atoms with Crippen LogP contribution >= 0.6 is 23.1 Å². The van der Waals surface area contributed by atoms with Gasteiger partial charge in [0.2, 0.25) is 5.95 Å². The molecule has 2 N–H and O–H groups in total. The number of ether oxygens (including phenoxy) is 3. The van der Waals surface area contributed by atoms with Crippen LogP contribution in [-0.4, -0.2) is 104 Å². The number of likely N-dealkylation sites (N-methyl/N-ethyl adjacent to an activating group) is 1. The zero-order chi connectivity index (χ0) is 34.0. The number of nitrogens with one attached hydrogen (secondary N) is 2. The van der Waals surface area contributed by atoms with Gasteiger partial charge in [-0.3, -0.25) is 15.0 Å². The molecule has 0 saturated carbocycles. The Morgan fingerprint density at radius 2 is 1.92 bits per heavy atom. The number of hydrogen-bond acceptors (Lipinski definition) is 13. The van der Waals surface area contributed by atoms with Crippen LogP contribution in [0.5, 0.6) is 5.75 Å². The lowest BCUT2D eigenvalue weighted by Crippen LogP contribution is -2.45. The van der Waals surface area contributed by atoms with E-state index < -0.39 is 7.14 Å². The minimum atomic E-state index is -2.77. The molecule has 13 nitrogen and oxygen atoms in total. The van der Waals surface area contributed by atoms with E-state index in [0.717, 1.165) is 24.3 Å². The number of anilines is 5. The van der Waals surface area contributed by atoms with E-state index >= 15 is 0 Å². The molecule has 1 fully saturated rings. The highest BCUT2D eigenvalue weighted by Crippen LogP contribution is 2.42. The highest BCUT2D eigenvalue weighted by molar-refractivity contribution is 9.10. The van der Waals surface area contributed by atoms with Crippen LogP contribution in [0.4, 0.5) is 28.8 Å². The smallest absolute Gasteiger partial charge is 0.229 e. The van der Waals surface area contributed by atoms with Crippen LogP contribution in [0.3, 0.4) is 0 Å². The SMILES string of the molecule is COc1cc(N2CCOC(COC(C)C)C2)c(C2C=NN(C)C2)cc1Nc1ncc(Br)c(Nc2ccc3nccnc3c2P(C)(C)=O)n1. The number of fused-ring (bicyclic) bond motifs is 1. The quantitative estimate of drug-likeness (QED) is 0.186. The molecule has 2 aromatic carbocycles. The fourth-order valence-corrected chi connectivity index (χ4v) is 7.63. The predicted molar refractivity (Wildman–Crippen MR) is 195 cm³/mol. The van der Waals surface area contributed by atoms with Crippen LogP contribution in [0.25, 0.3) is 11.0 Å². The molecular formula is C33H41BrN9O4P. The summed E-state index contributed by atoms with van der Waals surface area (Å²) >= 11 is 3.58. The molecule has 0 amide bonds. The van der Waals surface area contributed by atoms with Gasteiger partial charge < -0.3 is 34.3 Å². The van der Waals surface area contributed by atoms with E-state index in [-0.39, 0.29) is 18.1 Å². The van der Waals surface area contributed by atoms with Gasteiger partial charge in [-0.2, -0.15) is 10.1 Å². The summed E-state index contributed by atoms with van der Waals surface area (Å²) < 4.78 is 32.0. The number of rotatable bonds is 11.